The molecule has 0 radical (unpaired) electrons. The molecule has 3 atom stereocenters. The van der Waals surface area contributed by atoms with Crippen LogP contribution in [-0.4, -0.2) is 31.1 Å². The van der Waals surface area contributed by atoms with E-state index in [-0.39, 0.29) is 11.8 Å². The first-order chi connectivity index (χ1) is 8.22. The third-order valence-electron chi connectivity index (χ3n) is 3.50. The van der Waals surface area contributed by atoms with E-state index >= 15 is 0 Å². The molecule has 17 heavy (non-hydrogen) atoms. The van der Waals surface area contributed by atoms with E-state index in [4.69, 9.17) is 9.47 Å². The molecule has 2 saturated heterocycles. The Kier molecular flexibility index (Phi) is 3.99. The number of hydrogen-bond acceptors (Lipinski definition) is 4. The van der Waals surface area contributed by atoms with Crippen LogP contribution in [0.2, 0.25) is 0 Å². The second kappa shape index (κ2) is 5.49. The van der Waals surface area contributed by atoms with Crippen molar-refractivity contribution >= 4 is 11.8 Å². The van der Waals surface area contributed by atoms with Crippen LogP contribution in [0.5, 0.6) is 0 Å². The van der Waals surface area contributed by atoms with Crippen LogP contribution >= 0.6 is 0 Å². The third-order valence-corrected chi connectivity index (χ3v) is 3.50. The molecule has 5 nitrogen and oxygen atoms in total. The van der Waals surface area contributed by atoms with E-state index in [2.05, 4.69) is 10.5 Å². The van der Waals surface area contributed by atoms with Gasteiger partial charge in [-0.05, 0) is 25.7 Å². The van der Waals surface area contributed by atoms with Gasteiger partial charge in [-0.15, -0.1) is 5.10 Å². The fourth-order valence-corrected chi connectivity index (χ4v) is 2.39. The maximum atomic E-state index is 10.8. The van der Waals surface area contributed by atoms with Crippen LogP contribution in [-0.2, 0) is 14.3 Å². The van der Waals surface area contributed by atoms with Crippen molar-refractivity contribution in [3.8, 4) is 0 Å². The van der Waals surface area contributed by atoms with Gasteiger partial charge in [-0.3, -0.25) is 4.79 Å². The van der Waals surface area contributed by atoms with Crippen molar-refractivity contribution in [3.63, 3.8) is 0 Å². The number of rotatable bonds is 1. The molecule has 4 aliphatic rings. The van der Waals surface area contributed by atoms with Gasteiger partial charge in [0.05, 0.1) is 19.3 Å². The van der Waals surface area contributed by atoms with E-state index in [9.17, 15) is 4.79 Å². The lowest BCUT2D eigenvalue weighted by molar-refractivity contribution is -0.122. The lowest BCUT2D eigenvalue weighted by Gasteiger charge is -2.23. The zero-order valence-electron chi connectivity index (χ0n) is 10.4. The Bertz CT molecular complexity index is 297. The molecule has 3 aliphatic heterocycles. The van der Waals surface area contributed by atoms with Crippen molar-refractivity contribution < 1.29 is 14.3 Å². The Hall–Kier alpha value is -1.10. The molecule has 0 aromatic heterocycles. The maximum absolute atomic E-state index is 10.8. The normalized spacial score (nSPS) is 33.9. The molecule has 3 fully saturated rings. The molecular weight excluding hydrogens is 220 g/mol. The molecule has 0 aromatic carbocycles. The van der Waals surface area contributed by atoms with Gasteiger partial charge in [0.25, 0.3) is 0 Å². The minimum Gasteiger partial charge on any atom is -0.483 e. The van der Waals surface area contributed by atoms with Gasteiger partial charge in [-0.2, -0.15) is 0 Å². The molecule has 2 bridgehead atoms. The molecule has 5 heteroatoms. The van der Waals surface area contributed by atoms with Crippen LogP contribution in [0.3, 0.4) is 0 Å². The number of amides is 1. The number of hydrogen-bond donors (Lipinski definition) is 1. The van der Waals surface area contributed by atoms with Crippen LogP contribution < -0.4 is 5.43 Å². The lowest BCUT2D eigenvalue weighted by Crippen LogP contribution is -2.33. The molecule has 4 rings (SSSR count). The Labute approximate surface area is 102 Å². The number of carbonyl (C=O) groups is 1. The summed E-state index contributed by atoms with van der Waals surface area (Å²) in [6.07, 6.45) is 6.79. The number of methoxy groups -OCH3 is 1. The first-order valence-corrected chi connectivity index (χ1v) is 6.28. The second-order valence-electron chi connectivity index (χ2n) is 4.69. The zero-order valence-corrected chi connectivity index (χ0v) is 10.4. The maximum Gasteiger partial charge on any atom is 0.240 e. The van der Waals surface area contributed by atoms with E-state index in [1.54, 1.807) is 7.11 Å². The van der Waals surface area contributed by atoms with Gasteiger partial charge in [-0.1, -0.05) is 6.92 Å². The minimum atomic E-state index is -0.0300. The molecule has 96 valence electrons. The van der Waals surface area contributed by atoms with Crippen LogP contribution in [0.1, 0.15) is 39.0 Å². The van der Waals surface area contributed by atoms with Crippen molar-refractivity contribution in [2.45, 2.75) is 51.2 Å². The fourth-order valence-electron chi connectivity index (χ4n) is 2.39. The Morgan fingerprint density at radius 2 is 2.12 bits per heavy atom. The summed E-state index contributed by atoms with van der Waals surface area (Å²) < 4.78 is 10.2. The molecule has 0 spiro atoms. The van der Waals surface area contributed by atoms with Gasteiger partial charge < -0.3 is 9.47 Å². The van der Waals surface area contributed by atoms with Crippen molar-refractivity contribution in [1.29, 1.82) is 0 Å². The highest BCUT2D eigenvalue weighted by atomic mass is 16.5. The molecule has 1 N–H and O–H groups in total. The van der Waals surface area contributed by atoms with Gasteiger partial charge in [-0.25, -0.2) is 5.43 Å². The number of hydrazone groups is 1. The Morgan fingerprint density at radius 1 is 1.47 bits per heavy atom. The van der Waals surface area contributed by atoms with Gasteiger partial charge >= 0.3 is 0 Å². The highest BCUT2D eigenvalue weighted by molar-refractivity contribution is 5.89. The van der Waals surface area contributed by atoms with Gasteiger partial charge in [0.15, 0.2) is 0 Å². The summed E-state index contributed by atoms with van der Waals surface area (Å²) in [5.41, 5.74) is 2.37. The average Bonchev–Trinajstić information content (AvgIpc) is 2.93. The zero-order chi connectivity index (χ0) is 12.3. The lowest BCUT2D eigenvalue weighted by atomic mass is 10.0. The molecule has 1 amide bonds. The highest BCUT2D eigenvalue weighted by Crippen LogP contribution is 2.36. The first-order valence-electron chi connectivity index (χ1n) is 6.28. The summed E-state index contributed by atoms with van der Waals surface area (Å²) in [6.45, 7) is 2.01. The summed E-state index contributed by atoms with van der Waals surface area (Å²) in [5, 5.41) is 3.78. The molecular formula is C12H20N2O3. The Morgan fingerprint density at radius 3 is 2.53 bits per heavy atom. The second-order valence-corrected chi connectivity index (χ2v) is 4.69. The molecule has 1 aliphatic carbocycles. The SMILES string of the molecule is C1CC2CC1O2.CCC1CC(=O)NN=C1OC. The summed E-state index contributed by atoms with van der Waals surface area (Å²) in [5.74, 6) is 0.763. The van der Waals surface area contributed by atoms with Gasteiger partial charge in [0, 0.05) is 12.3 Å². The van der Waals surface area contributed by atoms with Gasteiger partial charge in [0.2, 0.25) is 11.8 Å². The smallest absolute Gasteiger partial charge is 0.240 e. The minimum absolute atomic E-state index is 0.0300. The Balaban J connectivity index is 0.000000148. The van der Waals surface area contributed by atoms with Crippen molar-refractivity contribution in [2.24, 2.45) is 11.0 Å². The summed E-state index contributed by atoms with van der Waals surface area (Å²) in [6, 6.07) is 0. The van der Waals surface area contributed by atoms with Crippen molar-refractivity contribution in [3.05, 3.63) is 0 Å². The molecule has 3 heterocycles. The van der Waals surface area contributed by atoms with Crippen LogP contribution in [0.25, 0.3) is 0 Å². The van der Waals surface area contributed by atoms with Crippen molar-refractivity contribution in [1.82, 2.24) is 5.43 Å². The highest BCUT2D eigenvalue weighted by Gasteiger charge is 2.36. The van der Waals surface area contributed by atoms with Gasteiger partial charge in [0.1, 0.15) is 0 Å². The number of fused-ring (bicyclic) bond motifs is 1. The fraction of sp³-hybridized carbons (Fsp3) is 0.833. The number of carbonyl (C=O) groups excluding carboxylic acids is 1. The van der Waals surface area contributed by atoms with E-state index < -0.39 is 0 Å². The van der Waals surface area contributed by atoms with Crippen LogP contribution in [0.4, 0.5) is 0 Å². The molecule has 3 unspecified atom stereocenters. The topological polar surface area (TPSA) is 59.9 Å². The summed E-state index contributed by atoms with van der Waals surface area (Å²) in [7, 11) is 1.57. The van der Waals surface area contributed by atoms with E-state index in [1.807, 2.05) is 6.92 Å². The van der Waals surface area contributed by atoms with E-state index in [1.165, 1.54) is 19.3 Å². The number of nitrogens with one attached hydrogen (secondary N) is 1. The number of nitrogens with zero attached hydrogens (tertiary/aromatic N) is 1. The first kappa shape index (κ1) is 12.4. The predicted molar refractivity (Wildman–Crippen MR) is 63.5 cm³/mol. The van der Waals surface area contributed by atoms with Crippen LogP contribution in [0, 0.1) is 5.92 Å². The largest absolute Gasteiger partial charge is 0.483 e. The third kappa shape index (κ3) is 2.97. The summed E-state index contributed by atoms with van der Waals surface area (Å²) >= 11 is 0. The average molecular weight is 240 g/mol. The monoisotopic (exact) mass is 240 g/mol. The van der Waals surface area contributed by atoms with Crippen LogP contribution in [0.15, 0.2) is 5.10 Å². The molecule has 0 aromatic rings. The predicted octanol–water partition coefficient (Wildman–Crippen LogP) is 1.43. The van der Waals surface area contributed by atoms with E-state index in [0.717, 1.165) is 6.42 Å². The quantitative estimate of drug-likeness (QED) is 0.754. The molecule has 1 saturated carbocycles. The number of ether oxygens (including phenoxy) is 2. The van der Waals surface area contributed by atoms with E-state index in [0.29, 0.717) is 24.5 Å². The standard InChI is InChI=1S/C7H12N2O2.C5H8O/c1-3-5-4-6(10)8-9-7(5)11-2;1-2-5-3-4(1)6-5/h5H,3-4H2,1-2H3,(H,8,10);4-5H,1-3H2. The summed E-state index contributed by atoms with van der Waals surface area (Å²) in [4.78, 5) is 10.8. The van der Waals surface area contributed by atoms with Crippen molar-refractivity contribution in [2.75, 3.05) is 7.11 Å².